The van der Waals surface area contributed by atoms with Crippen molar-refractivity contribution in [2.75, 3.05) is 0 Å². The molecular weight excluding hydrogens is 188 g/mol. The van der Waals surface area contributed by atoms with Gasteiger partial charge in [0.2, 0.25) is 5.91 Å². The molecule has 0 spiro atoms. The van der Waals surface area contributed by atoms with Crippen molar-refractivity contribution in [1.82, 2.24) is 5.32 Å². The van der Waals surface area contributed by atoms with E-state index < -0.39 is 0 Å². The third-order valence-corrected chi connectivity index (χ3v) is 2.02. The van der Waals surface area contributed by atoms with E-state index >= 15 is 0 Å². The molecular formula is C12H14N2O. The molecule has 0 aliphatic heterocycles. The normalized spacial score (nSPS) is 9.33. The van der Waals surface area contributed by atoms with Gasteiger partial charge in [0.05, 0.1) is 11.6 Å². The van der Waals surface area contributed by atoms with E-state index in [1.165, 1.54) is 0 Å². The molecule has 0 aliphatic carbocycles. The Bertz CT molecular complexity index is 379. The lowest BCUT2D eigenvalue weighted by Crippen LogP contribution is -2.22. The van der Waals surface area contributed by atoms with Crippen molar-refractivity contribution < 1.29 is 4.79 Å². The quantitative estimate of drug-likeness (QED) is 0.811. The summed E-state index contributed by atoms with van der Waals surface area (Å²) in [5.74, 6) is 0.0554. The first-order valence-corrected chi connectivity index (χ1v) is 5.02. The Morgan fingerprint density at radius 3 is 3.00 bits per heavy atom. The van der Waals surface area contributed by atoms with Gasteiger partial charge in [0.1, 0.15) is 0 Å². The second-order valence-electron chi connectivity index (χ2n) is 3.34. The third kappa shape index (κ3) is 3.82. The summed E-state index contributed by atoms with van der Waals surface area (Å²) >= 11 is 0. The Hall–Kier alpha value is -1.82. The Labute approximate surface area is 89.7 Å². The van der Waals surface area contributed by atoms with Crippen LogP contribution in [0.15, 0.2) is 24.3 Å². The monoisotopic (exact) mass is 202 g/mol. The number of hydrogen-bond acceptors (Lipinski definition) is 2. The topological polar surface area (TPSA) is 52.9 Å². The standard InChI is InChI=1S/C12H14N2O/c1-2-4-12(15)14-9-11-6-3-5-10(7-11)8-13/h3,5-7H,2,4,9H2,1H3,(H,14,15). The average Bonchev–Trinajstić information content (AvgIpc) is 2.27. The van der Waals surface area contributed by atoms with E-state index in [1.807, 2.05) is 19.1 Å². The van der Waals surface area contributed by atoms with Gasteiger partial charge in [-0.25, -0.2) is 0 Å². The van der Waals surface area contributed by atoms with E-state index in [1.54, 1.807) is 12.1 Å². The predicted molar refractivity (Wildman–Crippen MR) is 57.9 cm³/mol. The first-order chi connectivity index (χ1) is 7.26. The summed E-state index contributed by atoms with van der Waals surface area (Å²) in [5.41, 5.74) is 1.58. The van der Waals surface area contributed by atoms with Crippen LogP contribution < -0.4 is 5.32 Å². The van der Waals surface area contributed by atoms with E-state index in [4.69, 9.17) is 5.26 Å². The van der Waals surface area contributed by atoms with Crippen molar-refractivity contribution in [2.24, 2.45) is 0 Å². The lowest BCUT2D eigenvalue weighted by atomic mass is 10.1. The number of nitriles is 1. The smallest absolute Gasteiger partial charge is 0.220 e. The largest absolute Gasteiger partial charge is 0.352 e. The molecule has 1 aromatic rings. The highest BCUT2D eigenvalue weighted by Crippen LogP contribution is 2.03. The first kappa shape index (κ1) is 11.3. The van der Waals surface area contributed by atoms with Crippen LogP contribution in [0.1, 0.15) is 30.9 Å². The maximum absolute atomic E-state index is 11.2. The van der Waals surface area contributed by atoms with Crippen LogP contribution in [-0.4, -0.2) is 5.91 Å². The number of amides is 1. The van der Waals surface area contributed by atoms with Gasteiger partial charge in [-0.15, -0.1) is 0 Å². The van der Waals surface area contributed by atoms with Crippen molar-refractivity contribution in [3.8, 4) is 6.07 Å². The Kier molecular flexibility index (Phi) is 4.36. The molecule has 3 heteroatoms. The summed E-state index contributed by atoms with van der Waals surface area (Å²) in [4.78, 5) is 11.2. The van der Waals surface area contributed by atoms with Gasteiger partial charge in [0.15, 0.2) is 0 Å². The molecule has 15 heavy (non-hydrogen) atoms. The van der Waals surface area contributed by atoms with Crippen LogP contribution in [0.2, 0.25) is 0 Å². The Morgan fingerprint density at radius 1 is 1.53 bits per heavy atom. The fourth-order valence-electron chi connectivity index (χ4n) is 1.27. The van der Waals surface area contributed by atoms with Gasteiger partial charge >= 0.3 is 0 Å². The van der Waals surface area contributed by atoms with Gasteiger partial charge < -0.3 is 5.32 Å². The summed E-state index contributed by atoms with van der Waals surface area (Å²) in [7, 11) is 0. The molecule has 1 aromatic carbocycles. The zero-order valence-corrected chi connectivity index (χ0v) is 8.79. The van der Waals surface area contributed by atoms with Crippen LogP contribution in [0.25, 0.3) is 0 Å². The molecule has 0 saturated carbocycles. The summed E-state index contributed by atoms with van der Waals surface area (Å²) in [5, 5.41) is 11.5. The Morgan fingerprint density at radius 2 is 2.33 bits per heavy atom. The van der Waals surface area contributed by atoms with Crippen LogP contribution in [0.3, 0.4) is 0 Å². The SMILES string of the molecule is CCCC(=O)NCc1cccc(C#N)c1. The van der Waals surface area contributed by atoms with Gasteiger partial charge in [-0.3, -0.25) is 4.79 Å². The number of carbonyl (C=O) groups excluding carboxylic acids is 1. The van der Waals surface area contributed by atoms with Crippen molar-refractivity contribution in [3.05, 3.63) is 35.4 Å². The maximum atomic E-state index is 11.2. The van der Waals surface area contributed by atoms with Gasteiger partial charge in [0.25, 0.3) is 0 Å². The molecule has 0 saturated heterocycles. The molecule has 0 heterocycles. The molecule has 0 unspecified atom stereocenters. The number of nitrogens with zero attached hydrogens (tertiary/aromatic N) is 1. The fraction of sp³-hybridized carbons (Fsp3) is 0.333. The highest BCUT2D eigenvalue weighted by Gasteiger charge is 1.99. The molecule has 1 N–H and O–H groups in total. The fourth-order valence-corrected chi connectivity index (χ4v) is 1.27. The second-order valence-corrected chi connectivity index (χ2v) is 3.34. The number of hydrogen-bond donors (Lipinski definition) is 1. The van der Waals surface area contributed by atoms with Crippen molar-refractivity contribution in [1.29, 1.82) is 5.26 Å². The zero-order chi connectivity index (χ0) is 11.1. The minimum absolute atomic E-state index is 0.0554. The van der Waals surface area contributed by atoms with Gasteiger partial charge in [-0.2, -0.15) is 5.26 Å². The summed E-state index contributed by atoms with van der Waals surface area (Å²) in [6.45, 7) is 2.46. The van der Waals surface area contributed by atoms with Crippen LogP contribution in [0.5, 0.6) is 0 Å². The number of rotatable bonds is 4. The molecule has 0 fully saturated rings. The maximum Gasteiger partial charge on any atom is 0.220 e. The lowest BCUT2D eigenvalue weighted by molar-refractivity contribution is -0.121. The van der Waals surface area contributed by atoms with Crippen LogP contribution in [0.4, 0.5) is 0 Å². The average molecular weight is 202 g/mol. The third-order valence-electron chi connectivity index (χ3n) is 2.02. The number of nitrogens with one attached hydrogen (secondary N) is 1. The molecule has 0 radical (unpaired) electrons. The van der Waals surface area contributed by atoms with Gasteiger partial charge in [-0.05, 0) is 24.1 Å². The molecule has 3 nitrogen and oxygen atoms in total. The summed E-state index contributed by atoms with van der Waals surface area (Å²) in [6, 6.07) is 9.31. The number of benzene rings is 1. The lowest BCUT2D eigenvalue weighted by Gasteiger charge is -2.04. The minimum atomic E-state index is 0.0554. The molecule has 1 amide bonds. The van der Waals surface area contributed by atoms with Crippen molar-refractivity contribution in [2.45, 2.75) is 26.3 Å². The predicted octanol–water partition coefficient (Wildman–Crippen LogP) is 1.97. The highest BCUT2D eigenvalue weighted by atomic mass is 16.1. The van der Waals surface area contributed by atoms with E-state index in [-0.39, 0.29) is 5.91 Å². The van der Waals surface area contributed by atoms with E-state index in [0.29, 0.717) is 18.5 Å². The molecule has 1 rings (SSSR count). The van der Waals surface area contributed by atoms with E-state index in [9.17, 15) is 4.79 Å². The zero-order valence-electron chi connectivity index (χ0n) is 8.79. The van der Waals surface area contributed by atoms with E-state index in [2.05, 4.69) is 11.4 Å². The summed E-state index contributed by atoms with van der Waals surface area (Å²) in [6.07, 6.45) is 1.40. The molecule has 0 aromatic heterocycles. The summed E-state index contributed by atoms with van der Waals surface area (Å²) < 4.78 is 0. The van der Waals surface area contributed by atoms with Gasteiger partial charge in [0, 0.05) is 13.0 Å². The second kappa shape index (κ2) is 5.82. The van der Waals surface area contributed by atoms with Crippen molar-refractivity contribution in [3.63, 3.8) is 0 Å². The van der Waals surface area contributed by atoms with Crippen LogP contribution >= 0.6 is 0 Å². The highest BCUT2D eigenvalue weighted by molar-refractivity contribution is 5.75. The molecule has 0 bridgehead atoms. The Balaban J connectivity index is 2.51. The first-order valence-electron chi connectivity index (χ1n) is 5.02. The van der Waals surface area contributed by atoms with Crippen molar-refractivity contribution >= 4 is 5.91 Å². The minimum Gasteiger partial charge on any atom is -0.352 e. The number of carbonyl (C=O) groups is 1. The van der Waals surface area contributed by atoms with Crippen LogP contribution in [0, 0.1) is 11.3 Å². The van der Waals surface area contributed by atoms with E-state index in [0.717, 1.165) is 12.0 Å². The molecule has 0 aliphatic rings. The molecule has 78 valence electrons. The van der Waals surface area contributed by atoms with Crippen LogP contribution in [-0.2, 0) is 11.3 Å². The molecule has 0 atom stereocenters. The van der Waals surface area contributed by atoms with Gasteiger partial charge in [-0.1, -0.05) is 19.1 Å².